The monoisotopic (exact) mass is 314 g/mol. The largest absolute Gasteiger partial charge is 0.475 e. The van der Waals surface area contributed by atoms with Crippen LogP contribution in [0.15, 0.2) is 11.8 Å². The van der Waals surface area contributed by atoms with Gasteiger partial charge in [-0.05, 0) is 18.9 Å². The Morgan fingerprint density at radius 1 is 0.818 bits per heavy atom. The Morgan fingerprint density at radius 2 is 1.23 bits per heavy atom. The second-order valence-electron chi connectivity index (χ2n) is 6.00. The molecule has 0 radical (unpaired) electrons. The number of hydrogen-bond acceptors (Lipinski definition) is 3. The van der Waals surface area contributed by atoms with Crippen molar-refractivity contribution in [1.29, 1.82) is 0 Å². The molecule has 2 N–H and O–H groups in total. The van der Waals surface area contributed by atoms with E-state index in [4.69, 9.17) is 10.4 Å². The Bertz CT molecular complexity index is 287. The van der Waals surface area contributed by atoms with Crippen molar-refractivity contribution < 1.29 is 20.0 Å². The van der Waals surface area contributed by atoms with Crippen molar-refractivity contribution in [2.24, 2.45) is 0 Å². The van der Waals surface area contributed by atoms with Crippen LogP contribution in [0.5, 0.6) is 0 Å². The Morgan fingerprint density at radius 3 is 1.59 bits per heavy atom. The van der Waals surface area contributed by atoms with E-state index in [-0.39, 0.29) is 5.76 Å². The highest BCUT2D eigenvalue weighted by Gasteiger charge is 2.07. The number of carbonyl (C=O) groups is 1. The van der Waals surface area contributed by atoms with Gasteiger partial charge in [0.1, 0.15) is 0 Å². The third kappa shape index (κ3) is 13.9. The van der Waals surface area contributed by atoms with Crippen molar-refractivity contribution in [3.63, 3.8) is 0 Å². The molecule has 4 heteroatoms. The molecule has 0 aromatic carbocycles. The number of unbranched alkanes of at least 4 members (excludes halogenated alkanes) is 13. The lowest BCUT2D eigenvalue weighted by molar-refractivity contribution is -0.210. The quantitative estimate of drug-likeness (QED) is 0.122. The maximum atomic E-state index is 10.5. The zero-order chi connectivity index (χ0) is 16.5. The molecule has 0 heterocycles. The van der Waals surface area contributed by atoms with Gasteiger partial charge in [0.2, 0.25) is 5.76 Å². The zero-order valence-corrected chi connectivity index (χ0v) is 14.2. The molecule has 4 nitrogen and oxygen atoms in total. The fraction of sp³-hybridized carbons (Fsp3) is 0.833. The van der Waals surface area contributed by atoms with Gasteiger partial charge in [0.25, 0.3) is 0 Å². The third-order valence-corrected chi connectivity index (χ3v) is 3.95. The van der Waals surface area contributed by atoms with E-state index >= 15 is 0 Å². The molecule has 0 saturated heterocycles. The number of carboxylic acid groups (broad SMARTS) is 1. The minimum absolute atomic E-state index is 0.376. The number of rotatable bonds is 16. The van der Waals surface area contributed by atoms with Crippen molar-refractivity contribution in [2.45, 2.75) is 96.8 Å². The van der Waals surface area contributed by atoms with Crippen LogP contribution < -0.4 is 0 Å². The van der Waals surface area contributed by atoms with Crippen molar-refractivity contribution in [3.8, 4) is 0 Å². The minimum atomic E-state index is -1.22. The molecule has 130 valence electrons. The summed E-state index contributed by atoms with van der Waals surface area (Å²) in [6.07, 6.45) is 18.9. The van der Waals surface area contributed by atoms with Crippen molar-refractivity contribution in [2.75, 3.05) is 0 Å². The van der Waals surface area contributed by atoms with Crippen molar-refractivity contribution in [3.05, 3.63) is 11.8 Å². The second-order valence-corrected chi connectivity index (χ2v) is 6.00. The van der Waals surface area contributed by atoms with Gasteiger partial charge in [-0.25, -0.2) is 10.1 Å². The molecule has 0 atom stereocenters. The average Bonchev–Trinajstić information content (AvgIpc) is 2.51. The Balaban J connectivity index is 3.22. The molecular weight excluding hydrogens is 280 g/mol. The first-order valence-electron chi connectivity index (χ1n) is 8.97. The fourth-order valence-electron chi connectivity index (χ4n) is 2.56. The van der Waals surface area contributed by atoms with Gasteiger partial charge in [0.15, 0.2) is 0 Å². The van der Waals surface area contributed by atoms with E-state index in [9.17, 15) is 4.79 Å². The average molecular weight is 314 g/mol. The van der Waals surface area contributed by atoms with E-state index in [0.717, 1.165) is 12.8 Å². The maximum absolute atomic E-state index is 10.5. The van der Waals surface area contributed by atoms with E-state index < -0.39 is 5.97 Å². The summed E-state index contributed by atoms with van der Waals surface area (Å²) >= 11 is 0. The lowest BCUT2D eigenvalue weighted by atomic mass is 10.0. The van der Waals surface area contributed by atoms with Gasteiger partial charge >= 0.3 is 5.97 Å². The highest BCUT2D eigenvalue weighted by atomic mass is 17.1. The van der Waals surface area contributed by atoms with Crippen LogP contribution in [0.4, 0.5) is 0 Å². The number of aliphatic carboxylic acids is 1. The predicted octanol–water partition coefficient (Wildman–Crippen LogP) is 5.93. The van der Waals surface area contributed by atoms with Gasteiger partial charge in [-0.1, -0.05) is 84.0 Å². The summed E-state index contributed by atoms with van der Waals surface area (Å²) in [7, 11) is 0. The molecule has 0 saturated carbocycles. The van der Waals surface area contributed by atoms with E-state index in [2.05, 4.69) is 11.8 Å². The van der Waals surface area contributed by atoms with Gasteiger partial charge in [-0.2, -0.15) is 0 Å². The highest BCUT2D eigenvalue weighted by Crippen LogP contribution is 2.13. The lowest BCUT2D eigenvalue weighted by Gasteiger charge is -2.02. The van der Waals surface area contributed by atoms with Gasteiger partial charge in [0.05, 0.1) is 0 Å². The third-order valence-electron chi connectivity index (χ3n) is 3.95. The van der Waals surface area contributed by atoms with Crippen molar-refractivity contribution >= 4 is 5.97 Å². The topological polar surface area (TPSA) is 66.8 Å². The molecule has 0 aliphatic carbocycles. The van der Waals surface area contributed by atoms with Crippen LogP contribution >= 0.6 is 0 Å². The van der Waals surface area contributed by atoms with E-state index in [0.29, 0.717) is 6.42 Å². The summed E-state index contributed by atoms with van der Waals surface area (Å²) in [5.74, 6) is -1.60. The smallest absolute Gasteiger partial charge is 0.375 e. The van der Waals surface area contributed by atoms with E-state index in [1.54, 1.807) is 0 Å². The van der Waals surface area contributed by atoms with Crippen LogP contribution in [0.25, 0.3) is 0 Å². The molecular formula is C18H34O4. The van der Waals surface area contributed by atoms with E-state index in [1.165, 1.54) is 76.7 Å². The van der Waals surface area contributed by atoms with Crippen LogP contribution in [0.3, 0.4) is 0 Å². The second kappa shape index (κ2) is 16.3. The minimum Gasteiger partial charge on any atom is -0.475 e. The first-order valence-corrected chi connectivity index (χ1v) is 8.97. The SMILES string of the molecule is CCCCCCCCCCCCCCCC=C(OO)C(=O)O. The summed E-state index contributed by atoms with van der Waals surface area (Å²) < 4.78 is 0. The van der Waals surface area contributed by atoms with Crippen LogP contribution in [-0.2, 0) is 9.68 Å². The fourth-order valence-corrected chi connectivity index (χ4v) is 2.56. The molecule has 0 aromatic rings. The van der Waals surface area contributed by atoms with Crippen LogP contribution in [0.2, 0.25) is 0 Å². The van der Waals surface area contributed by atoms with Gasteiger partial charge in [0, 0.05) is 0 Å². The number of allylic oxidation sites excluding steroid dienone is 1. The molecule has 0 aliphatic heterocycles. The normalized spacial score (nSPS) is 11.6. The first kappa shape index (κ1) is 21.0. The summed E-state index contributed by atoms with van der Waals surface area (Å²) in [6, 6.07) is 0. The number of carboxylic acids is 1. The lowest BCUT2D eigenvalue weighted by Crippen LogP contribution is -2.02. The summed E-state index contributed by atoms with van der Waals surface area (Å²) in [6.45, 7) is 2.25. The predicted molar refractivity (Wildman–Crippen MR) is 89.7 cm³/mol. The Kier molecular flexibility index (Phi) is 15.6. The molecule has 0 aliphatic rings. The standard InChI is InChI=1S/C18H34O4/c1-2-3-4-5-6-7-8-9-10-11-12-13-14-15-16-17(22-21)18(19)20/h16,21H,2-15H2,1H3,(H,19,20). The summed E-state index contributed by atoms with van der Waals surface area (Å²) in [4.78, 5) is 14.3. The zero-order valence-electron chi connectivity index (χ0n) is 14.2. The van der Waals surface area contributed by atoms with Gasteiger partial charge in [-0.3, -0.25) is 0 Å². The summed E-state index contributed by atoms with van der Waals surface area (Å²) in [5, 5.41) is 17.0. The maximum Gasteiger partial charge on any atom is 0.375 e. The van der Waals surface area contributed by atoms with Crippen molar-refractivity contribution in [1.82, 2.24) is 0 Å². The molecule has 0 rings (SSSR count). The molecule has 0 bridgehead atoms. The molecule has 0 fully saturated rings. The van der Waals surface area contributed by atoms with Crippen LogP contribution in [0.1, 0.15) is 96.8 Å². The van der Waals surface area contributed by atoms with Crippen LogP contribution in [0, 0.1) is 0 Å². The van der Waals surface area contributed by atoms with Crippen LogP contribution in [-0.4, -0.2) is 16.3 Å². The molecule has 0 amide bonds. The number of hydrogen-bond donors (Lipinski definition) is 2. The molecule has 0 unspecified atom stereocenters. The Hall–Kier alpha value is -1.03. The Labute approximate surface area is 135 Å². The van der Waals surface area contributed by atoms with Gasteiger partial charge in [-0.15, -0.1) is 0 Å². The van der Waals surface area contributed by atoms with Gasteiger partial charge < -0.3 is 9.99 Å². The summed E-state index contributed by atoms with van der Waals surface area (Å²) in [5.41, 5.74) is 0. The molecule has 0 aromatic heterocycles. The first-order chi connectivity index (χ1) is 10.7. The molecule has 22 heavy (non-hydrogen) atoms. The molecule has 0 spiro atoms. The van der Waals surface area contributed by atoms with E-state index in [1.807, 2.05) is 0 Å². The highest BCUT2D eigenvalue weighted by molar-refractivity contribution is 5.83.